The molecular formula is C15H17N3O. The van der Waals surface area contributed by atoms with Gasteiger partial charge < -0.3 is 16.2 Å². The average molecular weight is 255 g/mol. The van der Waals surface area contributed by atoms with Crippen molar-refractivity contribution in [1.29, 1.82) is 0 Å². The van der Waals surface area contributed by atoms with E-state index in [1.165, 1.54) is 11.1 Å². The molecule has 1 aromatic carbocycles. The van der Waals surface area contributed by atoms with Crippen LogP contribution < -0.4 is 16.2 Å². The predicted octanol–water partition coefficient (Wildman–Crippen LogP) is 1.90. The van der Waals surface area contributed by atoms with Crippen molar-refractivity contribution >= 4 is 5.82 Å². The molecular weight excluding hydrogens is 238 g/mol. The van der Waals surface area contributed by atoms with Gasteiger partial charge in [0.15, 0.2) is 0 Å². The molecule has 4 N–H and O–H groups in total. The van der Waals surface area contributed by atoms with Gasteiger partial charge in [-0.2, -0.15) is 0 Å². The summed E-state index contributed by atoms with van der Waals surface area (Å²) in [5.41, 5.74) is 15.7. The minimum atomic E-state index is 0.0663. The van der Waals surface area contributed by atoms with Crippen LogP contribution in [0.2, 0.25) is 0 Å². The monoisotopic (exact) mass is 255 g/mol. The van der Waals surface area contributed by atoms with Crippen molar-refractivity contribution in [1.82, 2.24) is 4.98 Å². The van der Waals surface area contributed by atoms with Crippen LogP contribution in [0.15, 0.2) is 30.3 Å². The lowest BCUT2D eigenvalue weighted by Crippen LogP contribution is -2.24. The maximum absolute atomic E-state index is 5.93. The average Bonchev–Trinajstić information content (AvgIpc) is 2.80. The highest BCUT2D eigenvalue weighted by atomic mass is 16.5. The summed E-state index contributed by atoms with van der Waals surface area (Å²) in [5, 5.41) is 0. The first-order valence-electron chi connectivity index (χ1n) is 6.40. The molecule has 1 atom stereocenters. The van der Waals surface area contributed by atoms with E-state index in [-0.39, 0.29) is 6.10 Å². The van der Waals surface area contributed by atoms with E-state index in [1.807, 2.05) is 12.1 Å². The molecule has 2 aromatic rings. The van der Waals surface area contributed by atoms with Crippen LogP contribution >= 0.6 is 0 Å². The van der Waals surface area contributed by atoms with Crippen LogP contribution in [0.5, 0.6) is 5.75 Å². The molecule has 0 unspecified atom stereocenters. The molecule has 1 aliphatic heterocycles. The normalized spacial score (nSPS) is 17.1. The van der Waals surface area contributed by atoms with Gasteiger partial charge in [-0.05, 0) is 36.2 Å². The van der Waals surface area contributed by atoms with Crippen LogP contribution in [0.1, 0.15) is 11.1 Å². The van der Waals surface area contributed by atoms with Crippen LogP contribution in [0.4, 0.5) is 5.82 Å². The van der Waals surface area contributed by atoms with Crippen LogP contribution in [-0.4, -0.2) is 17.6 Å². The first-order chi connectivity index (χ1) is 9.17. The lowest BCUT2D eigenvalue weighted by molar-refractivity contribution is 0.242. The Bertz CT molecular complexity index is 625. The fourth-order valence-electron chi connectivity index (χ4n) is 2.52. The number of pyridine rings is 1. The summed E-state index contributed by atoms with van der Waals surface area (Å²) in [5.74, 6) is 1.42. The molecule has 0 spiro atoms. The Morgan fingerprint density at radius 2 is 2.21 bits per heavy atom. The molecule has 98 valence electrons. The Morgan fingerprint density at radius 3 is 2.95 bits per heavy atom. The molecule has 4 nitrogen and oxygen atoms in total. The standard InChI is InChI=1S/C15H17N3O/c1-9-5-10-7-11(8-16)19-15(10)12(6-9)13-3-2-4-14(17)18-13/h2-6,11H,7-8,16H2,1H3,(H2,17,18)/t11-/m1/s1. The highest BCUT2D eigenvalue weighted by Crippen LogP contribution is 2.39. The Labute approximate surface area is 112 Å². The summed E-state index contributed by atoms with van der Waals surface area (Å²) in [6, 6.07) is 9.87. The summed E-state index contributed by atoms with van der Waals surface area (Å²) < 4.78 is 5.93. The number of hydrogen-bond acceptors (Lipinski definition) is 4. The molecule has 0 saturated heterocycles. The third kappa shape index (κ3) is 2.15. The summed E-state index contributed by atoms with van der Waals surface area (Å²) in [4.78, 5) is 4.38. The van der Waals surface area contributed by atoms with Gasteiger partial charge in [0, 0.05) is 18.5 Å². The first-order valence-corrected chi connectivity index (χ1v) is 6.40. The highest BCUT2D eigenvalue weighted by Gasteiger charge is 2.25. The second-order valence-electron chi connectivity index (χ2n) is 4.93. The van der Waals surface area contributed by atoms with E-state index >= 15 is 0 Å². The maximum Gasteiger partial charge on any atom is 0.132 e. The molecule has 3 rings (SSSR count). The zero-order valence-corrected chi connectivity index (χ0v) is 10.9. The Balaban J connectivity index is 2.13. The van der Waals surface area contributed by atoms with Gasteiger partial charge in [0.2, 0.25) is 0 Å². The summed E-state index contributed by atoms with van der Waals surface area (Å²) in [6.07, 6.45) is 0.930. The number of nitrogens with zero attached hydrogens (tertiary/aromatic N) is 1. The Kier molecular flexibility index (Phi) is 2.87. The molecule has 4 heteroatoms. The number of anilines is 1. The fraction of sp³-hybridized carbons (Fsp3) is 0.267. The van der Waals surface area contributed by atoms with Crippen molar-refractivity contribution in [3.8, 4) is 17.0 Å². The number of rotatable bonds is 2. The van der Waals surface area contributed by atoms with Gasteiger partial charge in [0.05, 0.1) is 5.69 Å². The lowest BCUT2D eigenvalue weighted by Gasteiger charge is -2.11. The van der Waals surface area contributed by atoms with Gasteiger partial charge in [-0.1, -0.05) is 12.1 Å². The van der Waals surface area contributed by atoms with Gasteiger partial charge in [-0.15, -0.1) is 0 Å². The van der Waals surface area contributed by atoms with E-state index in [1.54, 1.807) is 6.07 Å². The summed E-state index contributed by atoms with van der Waals surface area (Å²) in [6.45, 7) is 2.60. The van der Waals surface area contributed by atoms with Gasteiger partial charge >= 0.3 is 0 Å². The smallest absolute Gasteiger partial charge is 0.132 e. The molecule has 19 heavy (non-hydrogen) atoms. The number of hydrogen-bond donors (Lipinski definition) is 2. The quantitative estimate of drug-likeness (QED) is 0.859. The number of aromatic nitrogens is 1. The van der Waals surface area contributed by atoms with E-state index in [2.05, 4.69) is 24.0 Å². The van der Waals surface area contributed by atoms with Crippen molar-refractivity contribution in [2.24, 2.45) is 5.73 Å². The van der Waals surface area contributed by atoms with Crippen molar-refractivity contribution in [2.45, 2.75) is 19.4 Å². The van der Waals surface area contributed by atoms with Crippen molar-refractivity contribution in [3.05, 3.63) is 41.5 Å². The van der Waals surface area contributed by atoms with Crippen LogP contribution in [0.25, 0.3) is 11.3 Å². The molecule has 0 fully saturated rings. The van der Waals surface area contributed by atoms with Gasteiger partial charge in [-0.25, -0.2) is 4.98 Å². The molecule has 1 aliphatic rings. The van der Waals surface area contributed by atoms with Crippen molar-refractivity contribution in [3.63, 3.8) is 0 Å². The van der Waals surface area contributed by atoms with Gasteiger partial charge in [0.1, 0.15) is 17.7 Å². The van der Waals surface area contributed by atoms with Gasteiger partial charge in [-0.3, -0.25) is 0 Å². The zero-order valence-electron chi connectivity index (χ0n) is 10.9. The number of benzene rings is 1. The number of nitrogen functional groups attached to an aromatic ring is 1. The van der Waals surface area contributed by atoms with Crippen LogP contribution in [0, 0.1) is 6.92 Å². The third-order valence-electron chi connectivity index (χ3n) is 3.35. The molecule has 0 saturated carbocycles. The van der Waals surface area contributed by atoms with Gasteiger partial charge in [0.25, 0.3) is 0 Å². The number of aryl methyl sites for hydroxylation is 1. The summed E-state index contributed by atoms with van der Waals surface area (Å²) in [7, 11) is 0. The fourth-order valence-corrected chi connectivity index (χ4v) is 2.52. The number of fused-ring (bicyclic) bond motifs is 1. The van der Waals surface area contributed by atoms with Crippen molar-refractivity contribution in [2.75, 3.05) is 12.3 Å². The second kappa shape index (κ2) is 4.55. The molecule has 0 amide bonds. The predicted molar refractivity (Wildman–Crippen MR) is 76.0 cm³/mol. The Morgan fingerprint density at radius 1 is 1.37 bits per heavy atom. The van der Waals surface area contributed by atoms with E-state index in [0.717, 1.165) is 23.4 Å². The van der Waals surface area contributed by atoms with Crippen molar-refractivity contribution < 1.29 is 4.74 Å². The third-order valence-corrected chi connectivity index (χ3v) is 3.35. The number of ether oxygens (including phenoxy) is 1. The largest absolute Gasteiger partial charge is 0.488 e. The number of nitrogens with two attached hydrogens (primary N) is 2. The van der Waals surface area contributed by atoms with Crippen LogP contribution in [0.3, 0.4) is 0 Å². The minimum Gasteiger partial charge on any atom is -0.488 e. The molecule has 0 radical (unpaired) electrons. The van der Waals surface area contributed by atoms with Crippen LogP contribution in [-0.2, 0) is 6.42 Å². The maximum atomic E-state index is 5.93. The topological polar surface area (TPSA) is 74.2 Å². The molecule has 0 aliphatic carbocycles. The highest BCUT2D eigenvalue weighted by molar-refractivity contribution is 5.72. The molecule has 1 aromatic heterocycles. The SMILES string of the molecule is Cc1cc2c(c(-c3cccc(N)n3)c1)O[C@@H](CN)C2. The summed E-state index contributed by atoms with van der Waals surface area (Å²) >= 11 is 0. The zero-order chi connectivity index (χ0) is 13.4. The minimum absolute atomic E-state index is 0.0663. The molecule has 0 bridgehead atoms. The Hall–Kier alpha value is -2.07. The molecule has 2 heterocycles. The van der Waals surface area contributed by atoms with E-state index < -0.39 is 0 Å². The first kappa shape index (κ1) is 12.0. The van der Waals surface area contributed by atoms with E-state index in [4.69, 9.17) is 16.2 Å². The lowest BCUT2D eigenvalue weighted by atomic mass is 10.0. The van der Waals surface area contributed by atoms with E-state index in [0.29, 0.717) is 12.4 Å². The second-order valence-corrected chi connectivity index (χ2v) is 4.93. The van der Waals surface area contributed by atoms with E-state index in [9.17, 15) is 0 Å².